The first kappa shape index (κ1) is 22.5. The molecule has 0 aliphatic heterocycles. The summed E-state index contributed by atoms with van der Waals surface area (Å²) in [7, 11) is 0. The molecule has 0 bridgehead atoms. The highest BCUT2D eigenvalue weighted by Crippen LogP contribution is 2.33. The molecule has 0 atom stereocenters. The molecule has 164 valence electrons. The van der Waals surface area contributed by atoms with Gasteiger partial charge in [-0.15, -0.1) is 0 Å². The Bertz CT molecular complexity index is 1070. The summed E-state index contributed by atoms with van der Waals surface area (Å²) >= 11 is 5.25. The van der Waals surface area contributed by atoms with Gasteiger partial charge < -0.3 is 4.74 Å². The van der Waals surface area contributed by atoms with E-state index in [2.05, 4.69) is 74.9 Å². The summed E-state index contributed by atoms with van der Waals surface area (Å²) in [4.78, 5) is 6.03. The Kier molecular flexibility index (Phi) is 8.56. The average molecular weight is 500 g/mol. The fourth-order valence-electron chi connectivity index (χ4n) is 4.06. The van der Waals surface area contributed by atoms with Gasteiger partial charge in [0.15, 0.2) is 4.96 Å². The fourth-order valence-corrected chi connectivity index (χ4v) is 5.50. The molecule has 2 aromatic heterocycles. The Morgan fingerprint density at radius 3 is 2.26 bits per heavy atom. The lowest BCUT2D eigenvalue weighted by atomic mass is 10.1. The SMILES string of the molecule is BrCCCCCCCCCCOCc1c(-c2ccccc2)nc2sc3ccccc3n12. The molecular weight excluding hydrogens is 468 g/mol. The highest BCUT2D eigenvalue weighted by molar-refractivity contribution is 9.09. The van der Waals surface area contributed by atoms with Crippen LogP contribution in [0, 0.1) is 0 Å². The highest BCUT2D eigenvalue weighted by Gasteiger charge is 2.18. The topological polar surface area (TPSA) is 26.5 Å². The number of nitrogens with zero attached hydrogens (tertiary/aromatic N) is 2. The predicted molar refractivity (Wildman–Crippen MR) is 136 cm³/mol. The van der Waals surface area contributed by atoms with Crippen molar-refractivity contribution in [1.82, 2.24) is 9.38 Å². The van der Waals surface area contributed by atoms with E-state index in [0.717, 1.165) is 40.3 Å². The lowest BCUT2D eigenvalue weighted by Gasteiger charge is -2.08. The van der Waals surface area contributed by atoms with Crippen LogP contribution in [0.5, 0.6) is 0 Å². The van der Waals surface area contributed by atoms with Crippen molar-refractivity contribution in [3.05, 3.63) is 60.3 Å². The second-order valence-electron chi connectivity index (χ2n) is 8.03. The molecule has 0 spiro atoms. The smallest absolute Gasteiger partial charge is 0.195 e. The summed E-state index contributed by atoms with van der Waals surface area (Å²) in [6.45, 7) is 1.41. The predicted octanol–water partition coefficient (Wildman–Crippen LogP) is 8.25. The second-order valence-corrected chi connectivity index (χ2v) is 9.83. The zero-order chi connectivity index (χ0) is 21.3. The Morgan fingerprint density at radius 2 is 1.48 bits per heavy atom. The maximum atomic E-state index is 6.16. The summed E-state index contributed by atoms with van der Waals surface area (Å²) < 4.78 is 9.72. The van der Waals surface area contributed by atoms with Crippen LogP contribution < -0.4 is 0 Å². The van der Waals surface area contributed by atoms with Crippen LogP contribution in [-0.4, -0.2) is 21.3 Å². The minimum absolute atomic E-state index is 0.596. The maximum absolute atomic E-state index is 6.16. The third-order valence-corrected chi connectivity index (χ3v) is 7.29. The van der Waals surface area contributed by atoms with Gasteiger partial charge >= 0.3 is 0 Å². The van der Waals surface area contributed by atoms with Crippen molar-refractivity contribution < 1.29 is 4.74 Å². The van der Waals surface area contributed by atoms with E-state index in [1.807, 2.05) is 0 Å². The number of hydrogen-bond acceptors (Lipinski definition) is 3. The van der Waals surface area contributed by atoms with E-state index in [9.17, 15) is 0 Å². The number of thiazole rings is 1. The Morgan fingerprint density at radius 1 is 0.806 bits per heavy atom. The van der Waals surface area contributed by atoms with Gasteiger partial charge in [-0.25, -0.2) is 4.98 Å². The van der Waals surface area contributed by atoms with Crippen LogP contribution in [0.1, 0.15) is 57.1 Å². The first-order chi connectivity index (χ1) is 15.4. The number of halogens is 1. The van der Waals surface area contributed by atoms with E-state index < -0.39 is 0 Å². The molecule has 0 saturated carbocycles. The van der Waals surface area contributed by atoms with Crippen molar-refractivity contribution in [2.75, 3.05) is 11.9 Å². The van der Waals surface area contributed by atoms with Gasteiger partial charge in [0, 0.05) is 17.5 Å². The molecular formula is C26H31BrN2OS. The number of alkyl halides is 1. The molecule has 5 heteroatoms. The van der Waals surface area contributed by atoms with Crippen molar-refractivity contribution in [2.24, 2.45) is 0 Å². The van der Waals surface area contributed by atoms with Crippen molar-refractivity contribution in [3.8, 4) is 11.3 Å². The minimum Gasteiger partial charge on any atom is -0.375 e. The van der Waals surface area contributed by atoms with Gasteiger partial charge in [-0.2, -0.15) is 0 Å². The van der Waals surface area contributed by atoms with Crippen molar-refractivity contribution >= 4 is 42.4 Å². The van der Waals surface area contributed by atoms with Gasteiger partial charge in [-0.1, -0.05) is 108 Å². The molecule has 0 fully saturated rings. The zero-order valence-corrected chi connectivity index (χ0v) is 20.5. The minimum atomic E-state index is 0.596. The normalized spacial score (nSPS) is 11.6. The number of ether oxygens (including phenoxy) is 1. The Balaban J connectivity index is 1.36. The van der Waals surface area contributed by atoms with Gasteiger partial charge in [0.2, 0.25) is 0 Å². The number of benzene rings is 2. The number of hydrogen-bond donors (Lipinski definition) is 0. The standard InChI is InChI=1S/C26H31BrN2OS/c27-18-12-5-3-1-2-4-6-13-19-30-20-23-25(21-14-8-7-9-15-21)28-26-29(23)22-16-10-11-17-24(22)31-26/h7-11,14-17H,1-6,12-13,18-20H2. The number of imidazole rings is 1. The quantitative estimate of drug-likeness (QED) is 0.137. The van der Waals surface area contributed by atoms with Gasteiger partial charge in [0.05, 0.1) is 28.2 Å². The largest absolute Gasteiger partial charge is 0.375 e. The Labute approximate surface area is 197 Å². The fraction of sp³-hybridized carbons (Fsp3) is 0.423. The van der Waals surface area contributed by atoms with E-state index in [0.29, 0.717) is 6.61 Å². The summed E-state index contributed by atoms with van der Waals surface area (Å²) in [5, 5.41) is 1.14. The van der Waals surface area contributed by atoms with Crippen LogP contribution >= 0.6 is 27.3 Å². The van der Waals surface area contributed by atoms with E-state index in [1.54, 1.807) is 11.3 Å². The molecule has 31 heavy (non-hydrogen) atoms. The molecule has 4 aromatic rings. The zero-order valence-electron chi connectivity index (χ0n) is 18.1. The maximum Gasteiger partial charge on any atom is 0.195 e. The van der Waals surface area contributed by atoms with E-state index >= 15 is 0 Å². The third-order valence-electron chi connectivity index (χ3n) is 5.71. The number of aromatic nitrogens is 2. The molecule has 2 aromatic carbocycles. The molecule has 0 radical (unpaired) electrons. The lowest BCUT2D eigenvalue weighted by molar-refractivity contribution is 0.114. The van der Waals surface area contributed by atoms with Crippen molar-refractivity contribution in [3.63, 3.8) is 0 Å². The number of unbranched alkanes of at least 4 members (excludes halogenated alkanes) is 7. The molecule has 0 unspecified atom stereocenters. The summed E-state index contributed by atoms with van der Waals surface area (Å²) in [6, 6.07) is 19.0. The van der Waals surface area contributed by atoms with E-state index in [-0.39, 0.29) is 0 Å². The monoisotopic (exact) mass is 498 g/mol. The highest BCUT2D eigenvalue weighted by atomic mass is 79.9. The molecule has 0 N–H and O–H groups in total. The van der Waals surface area contributed by atoms with E-state index in [4.69, 9.17) is 9.72 Å². The number of rotatable bonds is 13. The van der Waals surface area contributed by atoms with Gasteiger partial charge in [0.1, 0.15) is 0 Å². The van der Waals surface area contributed by atoms with Crippen molar-refractivity contribution in [1.29, 1.82) is 0 Å². The van der Waals surface area contributed by atoms with E-state index in [1.165, 1.54) is 55.2 Å². The molecule has 2 heterocycles. The molecule has 0 amide bonds. The number of fused-ring (bicyclic) bond motifs is 3. The van der Waals surface area contributed by atoms with Gasteiger partial charge in [-0.3, -0.25) is 4.40 Å². The lowest BCUT2D eigenvalue weighted by Crippen LogP contribution is -2.00. The second kappa shape index (κ2) is 11.8. The van der Waals surface area contributed by atoms with Gasteiger partial charge in [0.25, 0.3) is 0 Å². The van der Waals surface area contributed by atoms with Crippen molar-refractivity contribution in [2.45, 2.75) is 58.0 Å². The molecule has 0 saturated heterocycles. The van der Waals surface area contributed by atoms with Gasteiger partial charge in [-0.05, 0) is 25.0 Å². The van der Waals surface area contributed by atoms with Crippen LogP contribution in [0.3, 0.4) is 0 Å². The van der Waals surface area contributed by atoms with Crippen LogP contribution in [-0.2, 0) is 11.3 Å². The molecule has 3 nitrogen and oxygen atoms in total. The molecule has 4 rings (SSSR count). The van der Waals surface area contributed by atoms with Crippen LogP contribution in [0.25, 0.3) is 26.4 Å². The Hall–Kier alpha value is -1.69. The summed E-state index contributed by atoms with van der Waals surface area (Å²) in [6.07, 6.45) is 10.5. The summed E-state index contributed by atoms with van der Waals surface area (Å²) in [5.41, 5.74) is 4.57. The molecule has 0 aliphatic carbocycles. The average Bonchev–Trinajstić information content (AvgIpc) is 3.34. The van der Waals surface area contributed by atoms with Crippen LogP contribution in [0.15, 0.2) is 54.6 Å². The first-order valence-electron chi connectivity index (χ1n) is 11.5. The first-order valence-corrected chi connectivity index (χ1v) is 13.4. The molecule has 0 aliphatic rings. The van der Waals surface area contributed by atoms with Crippen LogP contribution in [0.4, 0.5) is 0 Å². The third kappa shape index (κ3) is 5.76. The number of para-hydroxylation sites is 1. The van der Waals surface area contributed by atoms with Crippen LogP contribution in [0.2, 0.25) is 0 Å². The summed E-state index contributed by atoms with van der Waals surface area (Å²) in [5.74, 6) is 0.